The zero-order chi connectivity index (χ0) is 8.72. The van der Waals surface area contributed by atoms with Crippen LogP contribution in [-0.2, 0) is 7.05 Å². The smallest absolute Gasteiger partial charge is 0.251 e. The maximum absolute atomic E-state index is 11.2. The second kappa shape index (κ2) is 2.71. The van der Waals surface area contributed by atoms with E-state index >= 15 is 0 Å². The van der Waals surface area contributed by atoms with Crippen LogP contribution in [0.3, 0.4) is 0 Å². The summed E-state index contributed by atoms with van der Waals surface area (Å²) in [6, 6.07) is 1.66. The van der Waals surface area contributed by atoms with E-state index < -0.39 is 0 Å². The average molecular weight is 244 g/mol. The SMILES string of the molecule is Cn1cc2c(Br)csc2cc1=O. The fourth-order valence-corrected chi connectivity index (χ4v) is 2.61. The first-order valence-electron chi connectivity index (χ1n) is 3.42. The van der Waals surface area contributed by atoms with Gasteiger partial charge in [-0.05, 0) is 15.9 Å². The number of hydrogen-bond acceptors (Lipinski definition) is 2. The summed E-state index contributed by atoms with van der Waals surface area (Å²) in [7, 11) is 1.76. The summed E-state index contributed by atoms with van der Waals surface area (Å²) in [5.74, 6) is 0. The van der Waals surface area contributed by atoms with Crippen molar-refractivity contribution in [1.29, 1.82) is 0 Å². The Morgan fingerprint density at radius 3 is 3.08 bits per heavy atom. The van der Waals surface area contributed by atoms with Crippen molar-refractivity contribution in [3.8, 4) is 0 Å². The molecule has 0 aliphatic rings. The third kappa shape index (κ3) is 1.11. The summed E-state index contributed by atoms with van der Waals surface area (Å²) in [4.78, 5) is 11.2. The highest BCUT2D eigenvalue weighted by molar-refractivity contribution is 9.10. The normalized spacial score (nSPS) is 10.8. The lowest BCUT2D eigenvalue weighted by Gasteiger charge is -1.95. The van der Waals surface area contributed by atoms with Crippen LogP contribution >= 0.6 is 27.3 Å². The van der Waals surface area contributed by atoms with Crippen LogP contribution in [0.15, 0.2) is 26.9 Å². The molecule has 0 bridgehead atoms. The molecule has 0 saturated carbocycles. The molecule has 0 aromatic carbocycles. The molecule has 0 aliphatic carbocycles. The van der Waals surface area contributed by atoms with Crippen molar-refractivity contribution in [2.75, 3.05) is 0 Å². The maximum atomic E-state index is 11.2. The molecule has 12 heavy (non-hydrogen) atoms. The van der Waals surface area contributed by atoms with E-state index in [9.17, 15) is 4.79 Å². The van der Waals surface area contributed by atoms with Crippen molar-refractivity contribution < 1.29 is 0 Å². The van der Waals surface area contributed by atoms with Gasteiger partial charge in [0, 0.05) is 39.2 Å². The molecule has 0 amide bonds. The van der Waals surface area contributed by atoms with Gasteiger partial charge in [-0.1, -0.05) is 0 Å². The number of rotatable bonds is 0. The van der Waals surface area contributed by atoms with Crippen LogP contribution in [0.25, 0.3) is 10.1 Å². The van der Waals surface area contributed by atoms with E-state index in [0.29, 0.717) is 0 Å². The van der Waals surface area contributed by atoms with E-state index in [0.717, 1.165) is 14.6 Å². The van der Waals surface area contributed by atoms with E-state index in [4.69, 9.17) is 0 Å². The predicted molar refractivity (Wildman–Crippen MR) is 54.8 cm³/mol. The maximum Gasteiger partial charge on any atom is 0.251 e. The minimum Gasteiger partial charge on any atom is -0.318 e. The Bertz CT molecular complexity index is 485. The monoisotopic (exact) mass is 243 g/mol. The molecule has 4 heteroatoms. The quantitative estimate of drug-likeness (QED) is 0.697. The van der Waals surface area contributed by atoms with E-state index in [1.54, 1.807) is 29.0 Å². The van der Waals surface area contributed by atoms with Crippen molar-refractivity contribution in [3.05, 3.63) is 32.5 Å². The van der Waals surface area contributed by atoms with Gasteiger partial charge in [-0.15, -0.1) is 11.3 Å². The molecule has 0 aliphatic heterocycles. The van der Waals surface area contributed by atoms with Crippen LogP contribution in [0.1, 0.15) is 0 Å². The van der Waals surface area contributed by atoms with Crippen LogP contribution in [-0.4, -0.2) is 4.57 Å². The molecule has 0 N–H and O–H groups in total. The summed E-state index contributed by atoms with van der Waals surface area (Å²) in [6.07, 6.45) is 1.85. The fraction of sp³-hybridized carbons (Fsp3) is 0.125. The van der Waals surface area contributed by atoms with Gasteiger partial charge in [0.25, 0.3) is 5.56 Å². The van der Waals surface area contributed by atoms with Crippen LogP contribution < -0.4 is 5.56 Å². The number of pyridine rings is 1. The zero-order valence-electron chi connectivity index (χ0n) is 6.37. The van der Waals surface area contributed by atoms with Crippen molar-refractivity contribution in [3.63, 3.8) is 0 Å². The highest BCUT2D eigenvalue weighted by atomic mass is 79.9. The lowest BCUT2D eigenvalue weighted by molar-refractivity contribution is 0.871. The molecular formula is C8H6BrNOS. The Labute approximate surface area is 81.6 Å². The third-order valence-electron chi connectivity index (χ3n) is 1.74. The number of aromatic nitrogens is 1. The lowest BCUT2D eigenvalue weighted by atomic mass is 10.3. The molecule has 0 unspecified atom stereocenters. The molecule has 0 fully saturated rings. The molecule has 0 radical (unpaired) electrons. The minimum absolute atomic E-state index is 0.0388. The van der Waals surface area contributed by atoms with Crippen LogP contribution in [0.5, 0.6) is 0 Å². The molecule has 62 valence electrons. The molecule has 2 aromatic heterocycles. The summed E-state index contributed by atoms with van der Waals surface area (Å²) >= 11 is 5.00. The summed E-state index contributed by atoms with van der Waals surface area (Å²) in [5, 5.41) is 3.09. The van der Waals surface area contributed by atoms with E-state index in [1.807, 2.05) is 11.6 Å². The average Bonchev–Trinajstić information content (AvgIpc) is 2.35. The van der Waals surface area contributed by atoms with Gasteiger partial charge in [0.05, 0.1) is 0 Å². The highest BCUT2D eigenvalue weighted by Crippen LogP contribution is 2.28. The zero-order valence-corrected chi connectivity index (χ0v) is 8.78. The van der Waals surface area contributed by atoms with E-state index in [1.165, 1.54) is 0 Å². The molecule has 2 rings (SSSR count). The van der Waals surface area contributed by atoms with Crippen molar-refractivity contribution in [2.45, 2.75) is 0 Å². The van der Waals surface area contributed by atoms with Gasteiger partial charge < -0.3 is 4.57 Å². The van der Waals surface area contributed by atoms with Gasteiger partial charge in [-0.25, -0.2) is 0 Å². The largest absolute Gasteiger partial charge is 0.318 e. The van der Waals surface area contributed by atoms with Crippen LogP contribution in [0.2, 0.25) is 0 Å². The lowest BCUT2D eigenvalue weighted by Crippen LogP contribution is -2.13. The summed E-state index contributed by atoms with van der Waals surface area (Å²) in [5.41, 5.74) is 0.0388. The van der Waals surface area contributed by atoms with Crippen molar-refractivity contribution in [2.24, 2.45) is 7.05 Å². The molecule has 0 saturated heterocycles. The van der Waals surface area contributed by atoms with Crippen molar-refractivity contribution >= 4 is 37.4 Å². The fourth-order valence-electron chi connectivity index (χ4n) is 1.07. The highest BCUT2D eigenvalue weighted by Gasteiger charge is 2.02. The Hall–Kier alpha value is -0.610. The molecular weight excluding hydrogens is 238 g/mol. The predicted octanol–water partition coefficient (Wildman–Crippen LogP) is 2.36. The topological polar surface area (TPSA) is 22.0 Å². The first-order chi connectivity index (χ1) is 5.68. The van der Waals surface area contributed by atoms with Gasteiger partial charge in [0.2, 0.25) is 0 Å². The summed E-state index contributed by atoms with van der Waals surface area (Å²) in [6.45, 7) is 0. The molecule has 0 spiro atoms. The van der Waals surface area contributed by atoms with Gasteiger partial charge in [0.15, 0.2) is 0 Å². The first-order valence-corrected chi connectivity index (χ1v) is 5.09. The number of nitrogens with zero attached hydrogens (tertiary/aromatic N) is 1. The molecule has 0 atom stereocenters. The van der Waals surface area contributed by atoms with Crippen molar-refractivity contribution in [1.82, 2.24) is 4.57 Å². The van der Waals surface area contributed by atoms with Crippen LogP contribution in [0, 0.1) is 0 Å². The number of hydrogen-bond donors (Lipinski definition) is 0. The standard InChI is InChI=1S/C8H6BrNOS/c1-10-3-5-6(9)4-12-7(5)2-8(10)11/h2-4H,1H3. The molecule has 2 heterocycles. The van der Waals surface area contributed by atoms with Gasteiger partial charge >= 0.3 is 0 Å². The molecule has 2 aromatic rings. The number of aryl methyl sites for hydroxylation is 1. The number of fused-ring (bicyclic) bond motifs is 1. The van der Waals surface area contributed by atoms with Crippen LogP contribution in [0.4, 0.5) is 0 Å². The summed E-state index contributed by atoms with van der Waals surface area (Å²) < 4.78 is 3.67. The van der Waals surface area contributed by atoms with E-state index in [2.05, 4.69) is 15.9 Å². The Kier molecular flexibility index (Phi) is 1.81. The number of thiophene rings is 1. The Morgan fingerprint density at radius 1 is 1.58 bits per heavy atom. The van der Waals surface area contributed by atoms with Gasteiger partial charge in [-0.3, -0.25) is 4.79 Å². The van der Waals surface area contributed by atoms with Gasteiger partial charge in [-0.2, -0.15) is 0 Å². The molecule has 2 nitrogen and oxygen atoms in total. The van der Waals surface area contributed by atoms with E-state index in [-0.39, 0.29) is 5.56 Å². The third-order valence-corrected chi connectivity index (χ3v) is 3.64. The van der Waals surface area contributed by atoms with Gasteiger partial charge in [0.1, 0.15) is 0 Å². The Balaban J connectivity index is 2.97. The number of halogens is 1. The first kappa shape index (κ1) is 8.01. The minimum atomic E-state index is 0.0388. The second-order valence-electron chi connectivity index (χ2n) is 2.58. The second-order valence-corrected chi connectivity index (χ2v) is 4.35. The Morgan fingerprint density at radius 2 is 2.33 bits per heavy atom.